The molecule has 2 rings (SSSR count). The summed E-state index contributed by atoms with van der Waals surface area (Å²) in [7, 11) is -1.15. The van der Waals surface area contributed by atoms with Crippen LogP contribution in [-0.4, -0.2) is 20.0 Å². The molecular formula is C13H19NO3S2. The third-order valence-electron chi connectivity index (χ3n) is 3.34. The molecule has 0 aliphatic heterocycles. The third-order valence-corrected chi connectivity index (χ3v) is 6.31. The predicted octanol–water partition coefficient (Wildman–Crippen LogP) is 2.88. The van der Waals surface area contributed by atoms with Crippen LogP contribution in [0.25, 0.3) is 0 Å². The molecule has 106 valence electrons. The quantitative estimate of drug-likeness (QED) is 0.898. The van der Waals surface area contributed by atoms with Crippen molar-refractivity contribution in [3.05, 3.63) is 21.9 Å². The van der Waals surface area contributed by atoms with Crippen molar-refractivity contribution < 1.29 is 14.1 Å². The Labute approximate surface area is 119 Å². The van der Waals surface area contributed by atoms with E-state index in [4.69, 9.17) is 5.11 Å². The van der Waals surface area contributed by atoms with E-state index in [-0.39, 0.29) is 10.3 Å². The number of aromatic carboxylic acids is 1. The molecule has 1 atom stereocenters. The monoisotopic (exact) mass is 301 g/mol. The van der Waals surface area contributed by atoms with Crippen LogP contribution in [0.15, 0.2) is 12.1 Å². The minimum atomic E-state index is -1.15. The number of carboxylic acid groups (broad SMARTS) is 1. The van der Waals surface area contributed by atoms with Crippen molar-refractivity contribution in [1.82, 2.24) is 4.72 Å². The molecule has 1 fully saturated rings. The number of nitrogens with one attached hydrogen (secondary N) is 1. The van der Waals surface area contributed by atoms with Crippen molar-refractivity contribution in [2.75, 3.05) is 0 Å². The lowest BCUT2D eigenvalue weighted by molar-refractivity contribution is 0.0702. The SMILES string of the molecule is CC(C)(C)S(=O)NC1(c2ccc(C(=O)O)s2)CCC1. The van der Waals surface area contributed by atoms with Gasteiger partial charge in [-0.2, -0.15) is 0 Å². The van der Waals surface area contributed by atoms with E-state index in [1.165, 1.54) is 11.3 Å². The molecule has 1 aliphatic rings. The van der Waals surface area contributed by atoms with Gasteiger partial charge in [0.15, 0.2) is 0 Å². The van der Waals surface area contributed by atoms with Crippen molar-refractivity contribution in [3.63, 3.8) is 0 Å². The number of hydrogen-bond donors (Lipinski definition) is 2. The van der Waals surface area contributed by atoms with Gasteiger partial charge in [-0.1, -0.05) is 0 Å². The van der Waals surface area contributed by atoms with Gasteiger partial charge in [-0.15, -0.1) is 11.3 Å². The number of thiophene rings is 1. The maximum absolute atomic E-state index is 12.3. The smallest absolute Gasteiger partial charge is 0.345 e. The zero-order valence-corrected chi connectivity index (χ0v) is 13.0. The minimum Gasteiger partial charge on any atom is -0.477 e. The first-order valence-electron chi connectivity index (χ1n) is 6.28. The summed E-state index contributed by atoms with van der Waals surface area (Å²) in [6.07, 6.45) is 2.90. The molecule has 4 nitrogen and oxygen atoms in total. The highest BCUT2D eigenvalue weighted by Crippen LogP contribution is 2.44. The van der Waals surface area contributed by atoms with Crippen LogP contribution in [0.5, 0.6) is 0 Å². The summed E-state index contributed by atoms with van der Waals surface area (Å²) in [6, 6.07) is 3.48. The van der Waals surface area contributed by atoms with Crippen molar-refractivity contribution in [2.45, 2.75) is 50.3 Å². The van der Waals surface area contributed by atoms with Crippen molar-refractivity contribution in [1.29, 1.82) is 0 Å². The van der Waals surface area contributed by atoms with Gasteiger partial charge in [0.2, 0.25) is 0 Å². The fraction of sp³-hybridized carbons (Fsp3) is 0.615. The van der Waals surface area contributed by atoms with Gasteiger partial charge in [-0.25, -0.2) is 13.7 Å². The highest BCUT2D eigenvalue weighted by Gasteiger charge is 2.43. The molecule has 0 spiro atoms. The second-order valence-corrected chi connectivity index (χ2v) is 8.94. The van der Waals surface area contributed by atoms with Crippen LogP contribution in [0.3, 0.4) is 0 Å². The van der Waals surface area contributed by atoms with Gasteiger partial charge >= 0.3 is 5.97 Å². The first-order chi connectivity index (χ1) is 8.74. The molecule has 1 saturated carbocycles. The lowest BCUT2D eigenvalue weighted by atomic mass is 9.77. The average Bonchev–Trinajstić information content (AvgIpc) is 2.70. The maximum atomic E-state index is 12.3. The van der Waals surface area contributed by atoms with Crippen LogP contribution in [0, 0.1) is 0 Å². The van der Waals surface area contributed by atoms with Crippen LogP contribution in [0.4, 0.5) is 0 Å². The van der Waals surface area contributed by atoms with E-state index < -0.39 is 17.0 Å². The molecule has 1 heterocycles. The summed E-state index contributed by atoms with van der Waals surface area (Å²) in [5.41, 5.74) is -0.295. The molecule has 0 radical (unpaired) electrons. The van der Waals surface area contributed by atoms with E-state index in [0.717, 1.165) is 24.1 Å². The summed E-state index contributed by atoms with van der Waals surface area (Å²) in [4.78, 5) is 12.3. The Morgan fingerprint density at radius 3 is 2.42 bits per heavy atom. The second-order valence-electron chi connectivity index (χ2n) is 5.89. The van der Waals surface area contributed by atoms with Gasteiger partial charge in [0.25, 0.3) is 0 Å². The number of carboxylic acids is 1. The lowest BCUT2D eigenvalue weighted by Crippen LogP contribution is -2.51. The Morgan fingerprint density at radius 1 is 1.42 bits per heavy atom. The minimum absolute atomic E-state index is 0.295. The van der Waals surface area contributed by atoms with E-state index in [9.17, 15) is 9.00 Å². The Balaban J connectivity index is 2.22. The van der Waals surface area contributed by atoms with Gasteiger partial charge in [0, 0.05) is 4.88 Å². The Hall–Kier alpha value is -0.720. The van der Waals surface area contributed by atoms with Crippen molar-refractivity contribution >= 4 is 28.3 Å². The molecule has 0 bridgehead atoms. The third kappa shape index (κ3) is 2.90. The second kappa shape index (κ2) is 5.00. The Bertz CT molecular complexity index is 512. The highest BCUT2D eigenvalue weighted by molar-refractivity contribution is 7.84. The van der Waals surface area contributed by atoms with E-state index in [2.05, 4.69) is 4.72 Å². The Kier molecular flexibility index (Phi) is 3.86. The Morgan fingerprint density at radius 2 is 2.05 bits per heavy atom. The number of rotatable bonds is 4. The normalized spacial score (nSPS) is 19.7. The molecule has 0 saturated heterocycles. The summed E-state index contributed by atoms with van der Waals surface area (Å²) in [5.74, 6) is -0.900. The van der Waals surface area contributed by atoms with Gasteiger partial charge in [-0.05, 0) is 52.2 Å². The van der Waals surface area contributed by atoms with Gasteiger partial charge in [0.1, 0.15) is 4.88 Å². The molecule has 6 heteroatoms. The van der Waals surface area contributed by atoms with E-state index >= 15 is 0 Å². The summed E-state index contributed by atoms with van der Waals surface area (Å²) >= 11 is 1.28. The molecule has 1 aliphatic carbocycles. The van der Waals surface area contributed by atoms with Gasteiger partial charge in [-0.3, -0.25) is 0 Å². The van der Waals surface area contributed by atoms with Crippen LogP contribution in [-0.2, 0) is 16.5 Å². The lowest BCUT2D eigenvalue weighted by Gasteiger charge is -2.42. The van der Waals surface area contributed by atoms with Crippen molar-refractivity contribution in [3.8, 4) is 0 Å². The van der Waals surface area contributed by atoms with E-state index in [0.29, 0.717) is 4.88 Å². The zero-order valence-electron chi connectivity index (χ0n) is 11.4. The topological polar surface area (TPSA) is 66.4 Å². The number of carbonyl (C=O) groups is 1. The molecule has 0 amide bonds. The largest absolute Gasteiger partial charge is 0.477 e. The van der Waals surface area contributed by atoms with Gasteiger partial charge < -0.3 is 5.11 Å². The van der Waals surface area contributed by atoms with Crippen LogP contribution >= 0.6 is 11.3 Å². The van der Waals surface area contributed by atoms with E-state index in [1.54, 1.807) is 6.07 Å². The van der Waals surface area contributed by atoms with Crippen molar-refractivity contribution in [2.24, 2.45) is 0 Å². The zero-order chi connectivity index (χ0) is 14.3. The maximum Gasteiger partial charge on any atom is 0.345 e. The molecule has 0 aromatic carbocycles. The summed E-state index contributed by atoms with van der Waals surface area (Å²) in [5, 5.41) is 9.00. The molecule has 19 heavy (non-hydrogen) atoms. The first-order valence-corrected chi connectivity index (χ1v) is 8.25. The fourth-order valence-electron chi connectivity index (χ4n) is 1.97. The van der Waals surface area contributed by atoms with Crippen LogP contribution in [0.1, 0.15) is 54.6 Å². The molecule has 2 N–H and O–H groups in total. The van der Waals surface area contributed by atoms with Crippen LogP contribution in [0.2, 0.25) is 0 Å². The molecule has 1 aromatic rings. The summed E-state index contributed by atoms with van der Waals surface area (Å²) < 4.78 is 15.2. The highest BCUT2D eigenvalue weighted by atomic mass is 32.2. The average molecular weight is 301 g/mol. The molecule has 1 aromatic heterocycles. The fourth-order valence-corrected chi connectivity index (χ4v) is 4.06. The standard InChI is InChI=1S/C13H19NO3S2/c1-12(2,3)19(17)14-13(7-4-8-13)10-6-5-9(18-10)11(15)16/h5-6,14H,4,7-8H2,1-3H3,(H,15,16). The predicted molar refractivity (Wildman–Crippen MR) is 77.8 cm³/mol. The van der Waals surface area contributed by atoms with Crippen LogP contribution < -0.4 is 4.72 Å². The summed E-state index contributed by atoms with van der Waals surface area (Å²) in [6.45, 7) is 5.79. The molecular weight excluding hydrogens is 282 g/mol. The molecule has 1 unspecified atom stereocenters. The number of hydrogen-bond acceptors (Lipinski definition) is 3. The van der Waals surface area contributed by atoms with E-state index in [1.807, 2.05) is 26.8 Å². The first kappa shape index (κ1) is 14.7. The van der Waals surface area contributed by atoms with Gasteiger partial charge in [0.05, 0.1) is 21.3 Å².